The van der Waals surface area contributed by atoms with Crippen LogP contribution in [-0.4, -0.2) is 75.9 Å². The van der Waals surface area contributed by atoms with Crippen LogP contribution in [0.3, 0.4) is 0 Å². The maximum absolute atomic E-state index is 13.7. The van der Waals surface area contributed by atoms with Gasteiger partial charge in [-0.05, 0) is 74.3 Å². The monoisotopic (exact) mass is 535 g/mol. The Balaban J connectivity index is 1.27. The number of aryl methyl sites for hydroxylation is 1. The largest absolute Gasteiger partial charge is 0.496 e. The van der Waals surface area contributed by atoms with E-state index in [0.29, 0.717) is 44.2 Å². The second kappa shape index (κ2) is 12.3. The Morgan fingerprint density at radius 2 is 1.79 bits per heavy atom. The number of rotatable bonds is 3. The Morgan fingerprint density at radius 1 is 1.03 bits per heavy atom. The van der Waals surface area contributed by atoms with Gasteiger partial charge in [0.05, 0.1) is 25.9 Å². The zero-order valence-electron chi connectivity index (χ0n) is 23.2. The molecule has 39 heavy (non-hydrogen) atoms. The molecular weight excluding hydrogens is 494 g/mol. The molecule has 3 heterocycles. The molecule has 0 bridgehead atoms. The molecule has 2 saturated heterocycles. The number of amides is 2. The van der Waals surface area contributed by atoms with E-state index in [-0.39, 0.29) is 17.2 Å². The maximum atomic E-state index is 13.7. The minimum atomic E-state index is -0.560. The van der Waals surface area contributed by atoms with Gasteiger partial charge in [-0.2, -0.15) is 0 Å². The Labute approximate surface area is 231 Å². The first kappa shape index (κ1) is 27.3. The molecule has 2 aromatic rings. The number of nitrogens with one attached hydrogen (secondary N) is 1. The molecule has 2 amide bonds. The van der Waals surface area contributed by atoms with Crippen LogP contribution in [-0.2, 0) is 16.0 Å². The highest BCUT2D eigenvalue weighted by molar-refractivity contribution is 5.98. The quantitative estimate of drug-likeness (QED) is 0.639. The first-order valence-corrected chi connectivity index (χ1v) is 14.3. The van der Waals surface area contributed by atoms with Crippen LogP contribution in [0.4, 0.5) is 5.69 Å². The lowest BCUT2D eigenvalue weighted by molar-refractivity contribution is -0.128. The van der Waals surface area contributed by atoms with Crippen LogP contribution in [0, 0.1) is 5.41 Å². The Kier molecular flexibility index (Phi) is 8.60. The number of hydrogen-bond donors (Lipinski definition) is 1. The number of nitrogens with zero attached hydrogens (tertiary/aromatic N) is 2. The standard InChI is InChI=1S/C31H41N3O5/c1-23-29(35)32-22-31(12-6-5-8-24-7-3-4-9-27(24)39-23)13-15-34(16-14-31)30(36)26-21-25(10-11-28(26)37-2)33-17-19-38-20-18-33/h3-4,7,9-11,21,23H,5-6,8,12-20,22H2,1-2H3,(H,32,35)/t23-/m1/s1. The number of fused-ring (bicyclic) bond motifs is 1. The molecule has 8 nitrogen and oxygen atoms in total. The van der Waals surface area contributed by atoms with E-state index in [0.717, 1.165) is 68.6 Å². The number of morpholine rings is 1. The number of methoxy groups -OCH3 is 1. The van der Waals surface area contributed by atoms with E-state index in [1.807, 2.05) is 48.2 Å². The molecule has 1 spiro atoms. The number of carbonyl (C=O) groups is 2. The molecule has 0 unspecified atom stereocenters. The van der Waals surface area contributed by atoms with Gasteiger partial charge in [0, 0.05) is 38.4 Å². The molecule has 0 aliphatic carbocycles. The summed E-state index contributed by atoms with van der Waals surface area (Å²) < 4.78 is 17.1. The molecule has 1 atom stereocenters. The average Bonchev–Trinajstić information content (AvgIpc) is 2.98. The van der Waals surface area contributed by atoms with Crippen molar-refractivity contribution in [1.82, 2.24) is 10.2 Å². The molecule has 0 aromatic heterocycles. The topological polar surface area (TPSA) is 80.3 Å². The Bertz CT molecular complexity index is 1150. The smallest absolute Gasteiger partial charge is 0.260 e. The van der Waals surface area contributed by atoms with Crippen LogP contribution in [0.15, 0.2) is 42.5 Å². The number of piperidine rings is 1. The predicted molar refractivity (Wildman–Crippen MR) is 151 cm³/mol. The van der Waals surface area contributed by atoms with Crippen LogP contribution in [0.25, 0.3) is 0 Å². The van der Waals surface area contributed by atoms with Gasteiger partial charge >= 0.3 is 0 Å². The van der Waals surface area contributed by atoms with Crippen LogP contribution in [0.5, 0.6) is 11.5 Å². The van der Waals surface area contributed by atoms with Crippen LogP contribution < -0.4 is 19.7 Å². The zero-order chi connectivity index (χ0) is 27.2. The lowest BCUT2D eigenvalue weighted by Gasteiger charge is -2.42. The number of anilines is 1. The summed E-state index contributed by atoms with van der Waals surface area (Å²) in [5.41, 5.74) is 2.76. The number of hydrogen-bond acceptors (Lipinski definition) is 6. The number of ether oxygens (including phenoxy) is 3. The van der Waals surface area contributed by atoms with E-state index >= 15 is 0 Å². The molecule has 3 aliphatic rings. The van der Waals surface area contributed by atoms with Gasteiger partial charge in [-0.1, -0.05) is 24.6 Å². The van der Waals surface area contributed by atoms with Crippen molar-refractivity contribution in [2.75, 3.05) is 57.9 Å². The highest BCUT2D eigenvalue weighted by Crippen LogP contribution is 2.38. The summed E-state index contributed by atoms with van der Waals surface area (Å²) in [6.45, 7) is 6.75. The fourth-order valence-corrected chi connectivity index (χ4v) is 6.05. The van der Waals surface area contributed by atoms with Crippen molar-refractivity contribution in [3.63, 3.8) is 0 Å². The molecule has 5 rings (SSSR count). The van der Waals surface area contributed by atoms with Crippen molar-refractivity contribution in [3.05, 3.63) is 53.6 Å². The summed E-state index contributed by atoms with van der Waals surface area (Å²) in [7, 11) is 1.61. The van der Waals surface area contributed by atoms with Gasteiger partial charge in [0.15, 0.2) is 6.10 Å². The zero-order valence-corrected chi connectivity index (χ0v) is 23.2. The molecule has 1 N–H and O–H groups in total. The molecule has 0 saturated carbocycles. The number of likely N-dealkylation sites (tertiary alicyclic amines) is 1. The van der Waals surface area contributed by atoms with E-state index < -0.39 is 6.10 Å². The lowest BCUT2D eigenvalue weighted by atomic mass is 9.74. The fourth-order valence-electron chi connectivity index (χ4n) is 6.05. The van der Waals surface area contributed by atoms with Gasteiger partial charge < -0.3 is 29.3 Å². The molecule has 210 valence electrons. The van der Waals surface area contributed by atoms with Crippen molar-refractivity contribution >= 4 is 17.5 Å². The number of para-hydroxylation sites is 1. The van der Waals surface area contributed by atoms with Crippen LogP contribution in [0.2, 0.25) is 0 Å². The van der Waals surface area contributed by atoms with Gasteiger partial charge in [-0.3, -0.25) is 9.59 Å². The highest BCUT2D eigenvalue weighted by Gasteiger charge is 2.37. The molecule has 3 aliphatic heterocycles. The van der Waals surface area contributed by atoms with Crippen molar-refractivity contribution in [3.8, 4) is 11.5 Å². The molecule has 8 heteroatoms. The van der Waals surface area contributed by atoms with Gasteiger partial charge in [0.2, 0.25) is 0 Å². The summed E-state index contributed by atoms with van der Waals surface area (Å²) >= 11 is 0. The summed E-state index contributed by atoms with van der Waals surface area (Å²) in [6, 6.07) is 13.9. The normalized spacial score (nSPS) is 22.1. The van der Waals surface area contributed by atoms with Crippen molar-refractivity contribution in [2.24, 2.45) is 5.41 Å². The Morgan fingerprint density at radius 3 is 2.56 bits per heavy atom. The lowest BCUT2D eigenvalue weighted by Crippen LogP contribution is -2.49. The fraction of sp³-hybridized carbons (Fsp3) is 0.548. The third-order valence-electron chi connectivity index (χ3n) is 8.59. The summed E-state index contributed by atoms with van der Waals surface area (Å²) in [6.07, 6.45) is 5.26. The molecule has 2 fully saturated rings. The molecular formula is C31H41N3O5. The molecule has 0 radical (unpaired) electrons. The van der Waals surface area contributed by atoms with Crippen LogP contribution >= 0.6 is 0 Å². The number of benzene rings is 2. The van der Waals surface area contributed by atoms with Gasteiger partial charge in [0.25, 0.3) is 11.8 Å². The van der Waals surface area contributed by atoms with E-state index in [1.165, 1.54) is 0 Å². The van der Waals surface area contributed by atoms with E-state index in [2.05, 4.69) is 16.3 Å². The van der Waals surface area contributed by atoms with Crippen molar-refractivity contribution in [1.29, 1.82) is 0 Å². The summed E-state index contributed by atoms with van der Waals surface area (Å²) in [5.74, 6) is 1.32. The SMILES string of the molecule is COc1ccc(N2CCOCC2)cc1C(=O)N1CCC2(CCCCc3ccccc3O[C@H](C)C(=O)NC2)CC1. The maximum Gasteiger partial charge on any atom is 0.260 e. The molecule has 2 aromatic carbocycles. The Hall–Kier alpha value is -3.26. The minimum Gasteiger partial charge on any atom is -0.496 e. The van der Waals surface area contributed by atoms with Gasteiger partial charge in [-0.15, -0.1) is 0 Å². The third kappa shape index (κ3) is 6.32. The van der Waals surface area contributed by atoms with E-state index in [4.69, 9.17) is 14.2 Å². The second-order valence-corrected chi connectivity index (χ2v) is 11.1. The van der Waals surface area contributed by atoms with Crippen molar-refractivity contribution < 1.29 is 23.8 Å². The first-order valence-electron chi connectivity index (χ1n) is 14.3. The van der Waals surface area contributed by atoms with Gasteiger partial charge in [-0.25, -0.2) is 0 Å². The van der Waals surface area contributed by atoms with Gasteiger partial charge in [0.1, 0.15) is 11.5 Å². The minimum absolute atomic E-state index is 0.00706. The van der Waals surface area contributed by atoms with Crippen molar-refractivity contribution in [2.45, 2.75) is 51.6 Å². The highest BCUT2D eigenvalue weighted by atomic mass is 16.5. The average molecular weight is 536 g/mol. The number of carbonyl (C=O) groups excluding carboxylic acids is 2. The van der Waals surface area contributed by atoms with Crippen LogP contribution in [0.1, 0.15) is 54.9 Å². The summed E-state index contributed by atoms with van der Waals surface area (Å²) in [5, 5.41) is 3.18. The summed E-state index contributed by atoms with van der Waals surface area (Å²) in [4.78, 5) is 30.9. The predicted octanol–water partition coefficient (Wildman–Crippen LogP) is 4.06. The third-order valence-corrected chi connectivity index (χ3v) is 8.59. The van der Waals surface area contributed by atoms with E-state index in [9.17, 15) is 9.59 Å². The first-order chi connectivity index (χ1) is 19.0. The second-order valence-electron chi connectivity index (χ2n) is 11.1. The van der Waals surface area contributed by atoms with E-state index in [1.54, 1.807) is 7.11 Å².